The monoisotopic (exact) mass is 383 g/mol. The first-order valence-electron chi connectivity index (χ1n) is 8.54. The molecule has 1 aromatic heterocycles. The quantitative estimate of drug-likeness (QED) is 0.474. The lowest BCUT2D eigenvalue weighted by molar-refractivity contribution is -0.142. The van der Waals surface area contributed by atoms with E-state index in [-0.39, 0.29) is 23.3 Å². The van der Waals surface area contributed by atoms with Gasteiger partial charge in [-0.3, -0.25) is 9.67 Å². The second-order valence-corrected chi connectivity index (χ2v) is 6.74. The summed E-state index contributed by atoms with van der Waals surface area (Å²) in [6.45, 7) is 0.463. The lowest BCUT2D eigenvalue weighted by atomic mass is 9.96. The number of rotatable bonds is 5. The Balaban J connectivity index is 1.61. The molecule has 2 N–H and O–H groups in total. The Labute approximate surface area is 154 Å². The molecule has 5 nitrogen and oxygen atoms in total. The highest BCUT2D eigenvalue weighted by atomic mass is 19.4. The maximum atomic E-state index is 13.5. The summed E-state index contributed by atoms with van der Waals surface area (Å²) < 4.78 is 53.7. The maximum Gasteiger partial charge on any atom is 0.435 e. The molecule has 2 aromatic rings. The van der Waals surface area contributed by atoms with E-state index in [0.717, 1.165) is 23.1 Å². The highest BCUT2D eigenvalue weighted by Gasteiger charge is 2.44. The van der Waals surface area contributed by atoms with E-state index in [1.165, 1.54) is 25.4 Å². The minimum absolute atomic E-state index is 0.0409. The minimum atomic E-state index is -4.51. The Kier molecular flexibility index (Phi) is 5.12. The molecule has 0 unspecified atom stereocenters. The smallest absolute Gasteiger partial charge is 0.356 e. The van der Waals surface area contributed by atoms with E-state index in [1.54, 1.807) is 13.1 Å². The summed E-state index contributed by atoms with van der Waals surface area (Å²) >= 11 is 0. The van der Waals surface area contributed by atoms with Crippen molar-refractivity contribution in [1.29, 1.82) is 0 Å². The van der Waals surface area contributed by atoms with Gasteiger partial charge >= 0.3 is 6.18 Å². The average molecular weight is 383 g/mol. The number of alkyl halides is 3. The lowest BCUT2D eigenvalue weighted by Crippen LogP contribution is -2.41. The molecule has 0 spiro atoms. The summed E-state index contributed by atoms with van der Waals surface area (Å²) in [5, 5.41) is 9.50. The number of aryl methyl sites for hydroxylation is 1. The third-order valence-electron chi connectivity index (χ3n) is 4.73. The fourth-order valence-corrected chi connectivity index (χ4v) is 3.09. The predicted molar refractivity (Wildman–Crippen MR) is 93.7 cm³/mol. The van der Waals surface area contributed by atoms with Crippen LogP contribution in [0.3, 0.4) is 0 Å². The Hall–Kier alpha value is -2.58. The van der Waals surface area contributed by atoms with Crippen LogP contribution in [-0.2, 0) is 25.2 Å². The standard InChI is InChI=1S/C18H21F4N5/c1-23-16(24-9-12-10-27(2)26-15(12)18(20,21)22)25-11-17(6-7-17)13-4-3-5-14(19)8-13/h3-5,8,10H,6-7,9,11H2,1-2H3,(H2,23,24,25). The highest BCUT2D eigenvalue weighted by molar-refractivity contribution is 5.79. The van der Waals surface area contributed by atoms with Crippen LogP contribution in [0.4, 0.5) is 17.6 Å². The van der Waals surface area contributed by atoms with Crippen LogP contribution in [0.1, 0.15) is 29.7 Å². The first-order chi connectivity index (χ1) is 12.7. The van der Waals surface area contributed by atoms with Gasteiger partial charge in [0.25, 0.3) is 0 Å². The Morgan fingerprint density at radius 1 is 1.30 bits per heavy atom. The summed E-state index contributed by atoms with van der Waals surface area (Å²) in [5.74, 6) is 0.104. The molecule has 3 rings (SSSR count). The molecule has 0 atom stereocenters. The van der Waals surface area contributed by atoms with Crippen LogP contribution in [-0.4, -0.2) is 29.3 Å². The number of nitrogens with zero attached hydrogens (tertiary/aromatic N) is 3. The van der Waals surface area contributed by atoms with Crippen molar-refractivity contribution in [2.45, 2.75) is 31.0 Å². The van der Waals surface area contributed by atoms with Gasteiger partial charge in [-0.2, -0.15) is 18.3 Å². The molecular formula is C18H21F4N5. The summed E-state index contributed by atoms with van der Waals surface area (Å²) in [6, 6.07) is 6.49. The zero-order valence-electron chi connectivity index (χ0n) is 15.1. The van der Waals surface area contributed by atoms with Crippen molar-refractivity contribution in [3.8, 4) is 0 Å². The molecule has 1 fully saturated rings. The SMILES string of the molecule is CN=C(NCc1cn(C)nc1C(F)(F)F)NCC1(c2cccc(F)c2)CC1. The van der Waals surface area contributed by atoms with Crippen LogP contribution >= 0.6 is 0 Å². The first-order valence-corrected chi connectivity index (χ1v) is 8.54. The van der Waals surface area contributed by atoms with Crippen LogP contribution in [0.25, 0.3) is 0 Å². The van der Waals surface area contributed by atoms with Gasteiger partial charge < -0.3 is 10.6 Å². The third kappa shape index (κ3) is 4.40. The molecular weight excluding hydrogens is 362 g/mol. The number of aliphatic imine (C=N–C) groups is 1. The molecule has 0 radical (unpaired) electrons. The van der Waals surface area contributed by atoms with Gasteiger partial charge in [-0.1, -0.05) is 12.1 Å². The van der Waals surface area contributed by atoms with Gasteiger partial charge in [-0.05, 0) is 30.5 Å². The third-order valence-corrected chi connectivity index (χ3v) is 4.73. The number of halogens is 4. The fourth-order valence-electron chi connectivity index (χ4n) is 3.09. The summed E-state index contributed by atoms with van der Waals surface area (Å²) in [6.07, 6.45) is -1.34. The van der Waals surface area contributed by atoms with Gasteiger partial charge in [-0.25, -0.2) is 4.39 Å². The molecule has 1 saturated carbocycles. The Morgan fingerprint density at radius 3 is 2.63 bits per heavy atom. The lowest BCUT2D eigenvalue weighted by Gasteiger charge is -2.19. The number of hydrogen-bond donors (Lipinski definition) is 2. The summed E-state index contributed by atoms with van der Waals surface area (Å²) in [7, 11) is 2.99. The molecule has 1 aliphatic carbocycles. The van der Waals surface area contributed by atoms with Gasteiger partial charge in [0.05, 0.1) is 0 Å². The number of hydrogen-bond acceptors (Lipinski definition) is 2. The molecule has 0 aliphatic heterocycles. The summed E-state index contributed by atoms with van der Waals surface area (Å²) in [5.41, 5.74) is -0.117. The van der Waals surface area contributed by atoms with Crippen molar-refractivity contribution in [2.75, 3.05) is 13.6 Å². The molecule has 1 aromatic carbocycles. The summed E-state index contributed by atoms with van der Waals surface area (Å²) in [4.78, 5) is 4.06. The normalized spacial score (nSPS) is 16.3. The van der Waals surface area contributed by atoms with Crippen molar-refractivity contribution in [1.82, 2.24) is 20.4 Å². The molecule has 27 heavy (non-hydrogen) atoms. The Morgan fingerprint density at radius 2 is 2.04 bits per heavy atom. The van der Waals surface area contributed by atoms with E-state index in [0.29, 0.717) is 12.5 Å². The number of aromatic nitrogens is 2. The van der Waals surface area contributed by atoms with Crippen molar-refractivity contribution in [3.63, 3.8) is 0 Å². The van der Waals surface area contributed by atoms with Gasteiger partial charge in [0, 0.05) is 44.4 Å². The number of guanidine groups is 1. The van der Waals surface area contributed by atoms with Crippen LogP contribution in [0.5, 0.6) is 0 Å². The van der Waals surface area contributed by atoms with Crippen LogP contribution in [0.15, 0.2) is 35.5 Å². The van der Waals surface area contributed by atoms with E-state index < -0.39 is 11.9 Å². The molecule has 0 bridgehead atoms. The van der Waals surface area contributed by atoms with Crippen molar-refractivity contribution < 1.29 is 17.6 Å². The number of nitrogens with one attached hydrogen (secondary N) is 2. The van der Waals surface area contributed by atoms with E-state index in [2.05, 4.69) is 20.7 Å². The molecule has 1 heterocycles. The molecule has 0 amide bonds. The predicted octanol–water partition coefficient (Wildman–Crippen LogP) is 2.97. The van der Waals surface area contributed by atoms with E-state index >= 15 is 0 Å². The minimum Gasteiger partial charge on any atom is -0.356 e. The molecule has 9 heteroatoms. The Bertz CT molecular complexity index is 837. The largest absolute Gasteiger partial charge is 0.435 e. The van der Waals surface area contributed by atoms with Crippen molar-refractivity contribution in [2.24, 2.45) is 12.0 Å². The number of benzene rings is 1. The highest BCUT2D eigenvalue weighted by Crippen LogP contribution is 2.47. The average Bonchev–Trinajstić information content (AvgIpc) is 3.30. The maximum absolute atomic E-state index is 13.5. The molecule has 1 aliphatic rings. The molecule has 146 valence electrons. The van der Waals surface area contributed by atoms with Crippen LogP contribution in [0.2, 0.25) is 0 Å². The second-order valence-electron chi connectivity index (χ2n) is 6.74. The van der Waals surface area contributed by atoms with Gasteiger partial charge in [0.2, 0.25) is 0 Å². The second kappa shape index (κ2) is 7.21. The van der Waals surface area contributed by atoms with Gasteiger partial charge in [0.1, 0.15) is 5.82 Å². The topological polar surface area (TPSA) is 54.2 Å². The zero-order chi connectivity index (χ0) is 19.7. The van der Waals surface area contributed by atoms with E-state index in [4.69, 9.17) is 0 Å². The van der Waals surface area contributed by atoms with Gasteiger partial charge in [0.15, 0.2) is 11.7 Å². The van der Waals surface area contributed by atoms with Crippen LogP contribution < -0.4 is 10.6 Å². The van der Waals surface area contributed by atoms with E-state index in [1.807, 2.05) is 6.07 Å². The zero-order valence-corrected chi connectivity index (χ0v) is 15.1. The van der Waals surface area contributed by atoms with Crippen molar-refractivity contribution in [3.05, 3.63) is 53.1 Å². The van der Waals surface area contributed by atoms with Crippen molar-refractivity contribution >= 4 is 5.96 Å². The van der Waals surface area contributed by atoms with Crippen LogP contribution in [0, 0.1) is 5.82 Å². The van der Waals surface area contributed by atoms with E-state index in [9.17, 15) is 17.6 Å². The fraction of sp³-hybridized carbons (Fsp3) is 0.444. The first kappa shape index (κ1) is 19.2. The van der Waals surface area contributed by atoms with Gasteiger partial charge in [-0.15, -0.1) is 0 Å². The molecule has 0 saturated heterocycles.